The molecular weight excluding hydrogens is 292 g/mol. The van der Waals surface area contributed by atoms with Gasteiger partial charge >= 0.3 is 0 Å². The fraction of sp³-hybridized carbons (Fsp3) is 0.188. The number of aryl methyl sites for hydroxylation is 1. The summed E-state index contributed by atoms with van der Waals surface area (Å²) in [5.74, 6) is 0.0723. The van der Waals surface area contributed by atoms with E-state index in [4.69, 9.17) is 0 Å². The van der Waals surface area contributed by atoms with E-state index in [2.05, 4.69) is 5.32 Å². The van der Waals surface area contributed by atoms with Crippen molar-refractivity contribution in [3.8, 4) is 0 Å². The van der Waals surface area contributed by atoms with Gasteiger partial charge in [0.15, 0.2) is 0 Å². The van der Waals surface area contributed by atoms with E-state index in [0.717, 1.165) is 5.56 Å². The summed E-state index contributed by atoms with van der Waals surface area (Å²) in [4.78, 5) is 11.7. The Balaban J connectivity index is 1.79. The average molecular weight is 307 g/mol. The Morgan fingerprint density at radius 3 is 2.52 bits per heavy atom. The lowest BCUT2D eigenvalue weighted by molar-refractivity contribution is -0.113. The lowest BCUT2D eigenvalue weighted by Gasteiger charge is -2.06. The third-order valence-electron chi connectivity index (χ3n) is 2.87. The van der Waals surface area contributed by atoms with Crippen LogP contribution in [-0.2, 0) is 10.5 Å². The average Bonchev–Trinajstić information content (AvgIpc) is 2.45. The highest BCUT2D eigenvalue weighted by atomic mass is 32.2. The molecule has 0 fully saturated rings. The van der Waals surface area contributed by atoms with Gasteiger partial charge < -0.3 is 5.32 Å². The van der Waals surface area contributed by atoms with E-state index >= 15 is 0 Å². The molecule has 1 N–H and O–H groups in total. The molecule has 0 radical (unpaired) electrons. The Bertz CT molecular complexity index is 629. The second-order valence-corrected chi connectivity index (χ2v) is 5.62. The zero-order valence-corrected chi connectivity index (χ0v) is 12.3. The van der Waals surface area contributed by atoms with Crippen LogP contribution in [0.15, 0.2) is 42.5 Å². The van der Waals surface area contributed by atoms with Gasteiger partial charge in [0.1, 0.15) is 11.6 Å². The minimum atomic E-state index is -0.341. The van der Waals surface area contributed by atoms with E-state index in [-0.39, 0.29) is 23.3 Å². The Kier molecular flexibility index (Phi) is 5.33. The molecular formula is C16H15F2NOS. The van der Waals surface area contributed by atoms with Crippen molar-refractivity contribution >= 4 is 23.4 Å². The first-order valence-electron chi connectivity index (χ1n) is 6.43. The van der Waals surface area contributed by atoms with Crippen LogP contribution < -0.4 is 5.32 Å². The summed E-state index contributed by atoms with van der Waals surface area (Å²) in [5, 5.41) is 2.65. The van der Waals surface area contributed by atoms with Crippen molar-refractivity contribution < 1.29 is 13.6 Å². The first kappa shape index (κ1) is 15.5. The van der Waals surface area contributed by atoms with Gasteiger partial charge in [-0.25, -0.2) is 8.78 Å². The van der Waals surface area contributed by atoms with Crippen molar-refractivity contribution in [3.05, 3.63) is 65.2 Å². The molecule has 0 saturated heterocycles. The first-order valence-corrected chi connectivity index (χ1v) is 7.58. The van der Waals surface area contributed by atoms with Crippen LogP contribution in [0.25, 0.3) is 0 Å². The van der Waals surface area contributed by atoms with Gasteiger partial charge in [0.25, 0.3) is 0 Å². The van der Waals surface area contributed by atoms with E-state index < -0.39 is 0 Å². The van der Waals surface area contributed by atoms with E-state index in [0.29, 0.717) is 17.0 Å². The predicted molar refractivity (Wildman–Crippen MR) is 82.3 cm³/mol. The smallest absolute Gasteiger partial charge is 0.234 e. The number of benzene rings is 2. The van der Waals surface area contributed by atoms with Gasteiger partial charge in [-0.15, -0.1) is 11.8 Å². The van der Waals surface area contributed by atoms with E-state index in [1.165, 1.54) is 30.0 Å². The summed E-state index contributed by atoms with van der Waals surface area (Å²) in [6, 6.07) is 10.8. The monoisotopic (exact) mass is 307 g/mol. The standard InChI is InChI=1S/C16H15F2NOS/c1-11-2-7-14(8-15(11)18)19-16(20)10-21-9-12-3-5-13(17)6-4-12/h2-8H,9-10H2,1H3,(H,19,20). The molecule has 5 heteroatoms. The first-order chi connectivity index (χ1) is 10.0. The topological polar surface area (TPSA) is 29.1 Å². The maximum atomic E-state index is 13.3. The molecule has 0 atom stereocenters. The van der Waals surface area contributed by atoms with Crippen LogP contribution in [0.3, 0.4) is 0 Å². The summed E-state index contributed by atoms with van der Waals surface area (Å²) >= 11 is 1.42. The highest BCUT2D eigenvalue weighted by Gasteiger charge is 2.05. The fourth-order valence-electron chi connectivity index (χ4n) is 1.71. The summed E-state index contributed by atoms with van der Waals surface area (Å²) in [7, 11) is 0. The molecule has 1 amide bonds. The lowest BCUT2D eigenvalue weighted by Crippen LogP contribution is -2.14. The number of carbonyl (C=O) groups excluding carboxylic acids is 1. The molecule has 0 aliphatic rings. The SMILES string of the molecule is Cc1ccc(NC(=O)CSCc2ccc(F)cc2)cc1F. The van der Waals surface area contributed by atoms with Crippen molar-refractivity contribution in [2.45, 2.75) is 12.7 Å². The van der Waals surface area contributed by atoms with Crippen LogP contribution in [0.2, 0.25) is 0 Å². The van der Waals surface area contributed by atoms with Crippen molar-refractivity contribution in [1.29, 1.82) is 0 Å². The number of carbonyl (C=O) groups is 1. The van der Waals surface area contributed by atoms with Crippen LogP contribution in [0.5, 0.6) is 0 Å². The van der Waals surface area contributed by atoms with Gasteiger partial charge in [-0.1, -0.05) is 18.2 Å². The summed E-state index contributed by atoms with van der Waals surface area (Å²) in [5.41, 5.74) is 1.94. The maximum absolute atomic E-state index is 13.3. The minimum Gasteiger partial charge on any atom is -0.325 e. The molecule has 0 aliphatic heterocycles. The van der Waals surface area contributed by atoms with Gasteiger partial charge in [-0.3, -0.25) is 4.79 Å². The number of halogens is 2. The molecule has 21 heavy (non-hydrogen) atoms. The number of hydrogen-bond donors (Lipinski definition) is 1. The predicted octanol–water partition coefficient (Wildman–Crippen LogP) is 4.15. The number of rotatable bonds is 5. The van der Waals surface area contributed by atoms with Crippen LogP contribution in [0.1, 0.15) is 11.1 Å². The molecule has 0 bridgehead atoms. The van der Waals surface area contributed by atoms with Crippen LogP contribution >= 0.6 is 11.8 Å². The lowest BCUT2D eigenvalue weighted by atomic mass is 10.2. The molecule has 0 aromatic heterocycles. The van der Waals surface area contributed by atoms with Crippen LogP contribution in [-0.4, -0.2) is 11.7 Å². The third-order valence-corrected chi connectivity index (χ3v) is 3.87. The van der Waals surface area contributed by atoms with Gasteiger partial charge in [0.05, 0.1) is 5.75 Å². The molecule has 0 heterocycles. The normalized spacial score (nSPS) is 10.4. The minimum absolute atomic E-state index is 0.189. The number of anilines is 1. The van der Waals surface area contributed by atoms with Crippen molar-refractivity contribution in [3.63, 3.8) is 0 Å². The number of amides is 1. The zero-order chi connectivity index (χ0) is 15.2. The maximum Gasteiger partial charge on any atom is 0.234 e. The number of nitrogens with one attached hydrogen (secondary N) is 1. The van der Waals surface area contributed by atoms with Crippen molar-refractivity contribution in [2.24, 2.45) is 0 Å². The molecule has 0 saturated carbocycles. The quantitative estimate of drug-likeness (QED) is 0.899. The summed E-state index contributed by atoms with van der Waals surface area (Å²) in [6.45, 7) is 1.67. The second-order valence-electron chi connectivity index (χ2n) is 4.63. The molecule has 2 aromatic rings. The highest BCUT2D eigenvalue weighted by molar-refractivity contribution is 7.99. The highest BCUT2D eigenvalue weighted by Crippen LogP contribution is 2.16. The second kappa shape index (κ2) is 7.22. The molecule has 2 aromatic carbocycles. The van der Waals surface area contributed by atoms with E-state index in [1.807, 2.05) is 0 Å². The number of hydrogen-bond acceptors (Lipinski definition) is 2. The van der Waals surface area contributed by atoms with Gasteiger partial charge in [-0.05, 0) is 42.3 Å². The molecule has 110 valence electrons. The van der Waals surface area contributed by atoms with Gasteiger partial charge in [-0.2, -0.15) is 0 Å². The molecule has 2 rings (SSSR count). The number of thioether (sulfide) groups is 1. The Labute approximate surface area is 126 Å². The molecule has 2 nitrogen and oxygen atoms in total. The van der Waals surface area contributed by atoms with Crippen molar-refractivity contribution in [2.75, 3.05) is 11.1 Å². The largest absolute Gasteiger partial charge is 0.325 e. The third kappa shape index (κ3) is 4.86. The molecule has 0 aliphatic carbocycles. The van der Waals surface area contributed by atoms with E-state index in [1.54, 1.807) is 31.2 Å². The van der Waals surface area contributed by atoms with Crippen LogP contribution in [0.4, 0.5) is 14.5 Å². The van der Waals surface area contributed by atoms with Crippen molar-refractivity contribution in [1.82, 2.24) is 0 Å². The summed E-state index contributed by atoms with van der Waals surface area (Å²) in [6.07, 6.45) is 0. The van der Waals surface area contributed by atoms with E-state index in [9.17, 15) is 13.6 Å². The Hall–Kier alpha value is -1.88. The zero-order valence-electron chi connectivity index (χ0n) is 11.5. The molecule has 0 unspecified atom stereocenters. The fourth-order valence-corrected chi connectivity index (χ4v) is 2.50. The van der Waals surface area contributed by atoms with Gasteiger partial charge in [0.2, 0.25) is 5.91 Å². The Morgan fingerprint density at radius 1 is 1.14 bits per heavy atom. The Morgan fingerprint density at radius 2 is 1.86 bits per heavy atom. The van der Waals surface area contributed by atoms with Crippen LogP contribution in [0, 0.1) is 18.6 Å². The van der Waals surface area contributed by atoms with Gasteiger partial charge in [0, 0.05) is 11.4 Å². The summed E-state index contributed by atoms with van der Waals surface area (Å²) < 4.78 is 26.1. The molecule has 0 spiro atoms.